The van der Waals surface area contributed by atoms with Crippen LogP contribution in [0.4, 0.5) is 36.4 Å². The van der Waals surface area contributed by atoms with Crippen molar-refractivity contribution in [1.29, 1.82) is 0 Å². The smallest absolute Gasteiger partial charge is 0.433 e. The average Bonchev–Trinajstić information content (AvgIpc) is 2.57. The molecule has 0 heterocycles. The Hall–Kier alpha value is -2.27. The van der Waals surface area contributed by atoms with E-state index < -0.39 is 46.4 Å². The third-order valence-corrected chi connectivity index (χ3v) is 4.95. The summed E-state index contributed by atoms with van der Waals surface area (Å²) in [6.07, 6.45) is -4.07. The SMILES string of the molecule is C/C=C\C=C/C(=CC(F)(F)F)/C(=N\c1cc([S+]([O-])CC(F)(F)F)c(C)cc1F)NC. The van der Waals surface area contributed by atoms with Crippen LogP contribution in [0.1, 0.15) is 12.5 Å². The zero-order chi connectivity index (χ0) is 23.1. The van der Waals surface area contributed by atoms with Gasteiger partial charge in [0.1, 0.15) is 17.3 Å². The van der Waals surface area contributed by atoms with Crippen LogP contribution in [0, 0.1) is 12.7 Å². The molecule has 0 radical (unpaired) electrons. The number of aliphatic imine (C=N–C) groups is 1. The Morgan fingerprint density at radius 3 is 2.30 bits per heavy atom. The van der Waals surface area contributed by atoms with Crippen molar-refractivity contribution >= 4 is 22.7 Å². The van der Waals surface area contributed by atoms with Gasteiger partial charge in [0.2, 0.25) is 5.75 Å². The molecular weight excluding hydrogens is 437 g/mol. The predicted octanol–water partition coefficient (Wildman–Crippen LogP) is 5.67. The van der Waals surface area contributed by atoms with Gasteiger partial charge in [0.25, 0.3) is 0 Å². The number of hydrogen-bond acceptors (Lipinski definition) is 2. The molecule has 1 aromatic carbocycles. The number of halogens is 7. The maximum absolute atomic E-state index is 14.3. The molecule has 166 valence electrons. The molecule has 1 unspecified atom stereocenters. The average molecular weight is 456 g/mol. The Balaban J connectivity index is 3.52. The molecule has 1 aromatic rings. The normalized spacial score (nSPS) is 15.3. The summed E-state index contributed by atoms with van der Waals surface area (Å²) in [5.41, 5.74) is -0.997. The Bertz CT molecular complexity index is 856. The van der Waals surface area contributed by atoms with E-state index in [9.17, 15) is 35.3 Å². The number of amidine groups is 1. The van der Waals surface area contributed by atoms with E-state index in [-0.39, 0.29) is 22.4 Å². The molecule has 0 saturated heterocycles. The molecule has 0 aliphatic rings. The lowest BCUT2D eigenvalue weighted by Gasteiger charge is -2.15. The highest BCUT2D eigenvalue weighted by atomic mass is 32.2. The molecule has 30 heavy (non-hydrogen) atoms. The van der Waals surface area contributed by atoms with Crippen molar-refractivity contribution in [2.75, 3.05) is 12.8 Å². The minimum Gasteiger partial charge on any atom is -0.611 e. The van der Waals surface area contributed by atoms with Gasteiger partial charge in [0.05, 0.1) is 0 Å². The van der Waals surface area contributed by atoms with E-state index in [1.54, 1.807) is 13.0 Å². The van der Waals surface area contributed by atoms with Crippen LogP contribution in [0.5, 0.6) is 0 Å². The molecule has 0 bridgehead atoms. The van der Waals surface area contributed by atoms with Gasteiger partial charge in [-0.15, -0.1) is 0 Å². The van der Waals surface area contributed by atoms with Crippen LogP contribution in [-0.2, 0) is 11.2 Å². The lowest BCUT2D eigenvalue weighted by atomic mass is 10.1. The van der Waals surface area contributed by atoms with E-state index in [1.165, 1.54) is 26.1 Å². The van der Waals surface area contributed by atoms with E-state index in [1.807, 2.05) is 0 Å². The van der Waals surface area contributed by atoms with Gasteiger partial charge in [-0.25, -0.2) is 9.38 Å². The van der Waals surface area contributed by atoms with Crippen molar-refractivity contribution in [2.24, 2.45) is 4.99 Å². The molecule has 3 nitrogen and oxygen atoms in total. The highest BCUT2D eigenvalue weighted by molar-refractivity contribution is 7.91. The molecule has 1 rings (SSSR count). The fraction of sp³-hybridized carbons (Fsp3) is 0.316. The summed E-state index contributed by atoms with van der Waals surface area (Å²) >= 11 is -2.53. The van der Waals surface area contributed by atoms with Crippen LogP contribution in [0.15, 0.2) is 58.0 Å². The third-order valence-electron chi connectivity index (χ3n) is 3.43. The molecule has 0 aliphatic heterocycles. The number of nitrogens with one attached hydrogen (secondary N) is 1. The lowest BCUT2D eigenvalue weighted by Crippen LogP contribution is -2.23. The summed E-state index contributed by atoms with van der Waals surface area (Å²) in [6.45, 7) is 2.92. The summed E-state index contributed by atoms with van der Waals surface area (Å²) in [4.78, 5) is 3.48. The van der Waals surface area contributed by atoms with Crippen LogP contribution in [0.25, 0.3) is 0 Å². The molecular formula is C19H19F7N2OS. The number of hydrogen-bond donors (Lipinski definition) is 1. The molecule has 0 aromatic heterocycles. The summed E-state index contributed by atoms with van der Waals surface area (Å²) in [5.74, 6) is -3.02. The van der Waals surface area contributed by atoms with Crippen LogP contribution in [0.3, 0.4) is 0 Å². The lowest BCUT2D eigenvalue weighted by molar-refractivity contribution is -0.106. The summed E-state index contributed by atoms with van der Waals surface area (Å²) < 4.78 is 103. The maximum Gasteiger partial charge on any atom is 0.433 e. The maximum atomic E-state index is 14.3. The molecule has 1 N–H and O–H groups in total. The van der Waals surface area contributed by atoms with Gasteiger partial charge in [-0.05, 0) is 31.1 Å². The van der Waals surface area contributed by atoms with Crippen LogP contribution in [-0.4, -0.2) is 35.5 Å². The summed E-state index contributed by atoms with van der Waals surface area (Å²) in [6, 6.07) is 1.67. The first-order valence-electron chi connectivity index (χ1n) is 8.38. The molecule has 0 fully saturated rings. The fourth-order valence-corrected chi connectivity index (χ4v) is 3.34. The largest absolute Gasteiger partial charge is 0.611 e. The first-order valence-corrected chi connectivity index (χ1v) is 9.70. The molecule has 0 aliphatic carbocycles. The van der Waals surface area contributed by atoms with Gasteiger partial charge in [-0.3, -0.25) is 0 Å². The predicted molar refractivity (Wildman–Crippen MR) is 103 cm³/mol. The van der Waals surface area contributed by atoms with Crippen molar-refractivity contribution in [3.8, 4) is 0 Å². The quantitative estimate of drug-likeness (QED) is 0.197. The second-order valence-electron chi connectivity index (χ2n) is 5.91. The topological polar surface area (TPSA) is 47.5 Å². The number of aryl methyl sites for hydroxylation is 1. The summed E-state index contributed by atoms with van der Waals surface area (Å²) in [7, 11) is 1.25. The van der Waals surface area contributed by atoms with E-state index in [4.69, 9.17) is 0 Å². The van der Waals surface area contributed by atoms with Crippen molar-refractivity contribution < 1.29 is 35.3 Å². The van der Waals surface area contributed by atoms with E-state index in [2.05, 4.69) is 10.3 Å². The van der Waals surface area contributed by atoms with Gasteiger partial charge in [0, 0.05) is 30.3 Å². The van der Waals surface area contributed by atoms with Crippen molar-refractivity contribution in [2.45, 2.75) is 31.1 Å². The Morgan fingerprint density at radius 1 is 1.17 bits per heavy atom. The second kappa shape index (κ2) is 10.7. The number of rotatable bonds is 6. The third kappa shape index (κ3) is 8.62. The minimum absolute atomic E-state index is 0.000855. The second-order valence-corrected chi connectivity index (χ2v) is 7.33. The van der Waals surface area contributed by atoms with E-state index in [0.717, 1.165) is 18.2 Å². The van der Waals surface area contributed by atoms with E-state index >= 15 is 0 Å². The highest BCUT2D eigenvalue weighted by Crippen LogP contribution is 2.30. The van der Waals surface area contributed by atoms with Gasteiger partial charge in [-0.1, -0.05) is 24.3 Å². The van der Waals surface area contributed by atoms with Gasteiger partial charge in [-0.2, -0.15) is 26.3 Å². The Morgan fingerprint density at radius 2 is 1.80 bits per heavy atom. The van der Waals surface area contributed by atoms with Crippen LogP contribution >= 0.6 is 0 Å². The number of nitrogens with zero attached hydrogens (tertiary/aromatic N) is 1. The van der Waals surface area contributed by atoms with Crippen molar-refractivity contribution in [1.82, 2.24) is 5.32 Å². The first-order chi connectivity index (χ1) is 13.8. The monoisotopic (exact) mass is 456 g/mol. The summed E-state index contributed by atoms with van der Waals surface area (Å²) in [5, 5.41) is 2.41. The fourth-order valence-electron chi connectivity index (χ4n) is 2.23. The zero-order valence-electron chi connectivity index (χ0n) is 16.2. The number of alkyl halides is 6. The van der Waals surface area contributed by atoms with Crippen LogP contribution < -0.4 is 5.32 Å². The molecule has 0 saturated carbocycles. The van der Waals surface area contributed by atoms with E-state index in [0.29, 0.717) is 0 Å². The van der Waals surface area contributed by atoms with Crippen molar-refractivity contribution in [3.63, 3.8) is 0 Å². The number of likely N-dealkylation sites (N-methyl/N-ethyl adjacent to an activating group) is 1. The molecule has 11 heteroatoms. The van der Waals surface area contributed by atoms with Gasteiger partial charge in [0.15, 0.2) is 4.90 Å². The minimum atomic E-state index is -4.72. The first kappa shape index (κ1) is 25.8. The number of allylic oxidation sites excluding steroid dienone is 4. The Labute approximate surface area is 172 Å². The Kier molecular flexibility index (Phi) is 9.16. The molecule has 0 spiro atoms. The van der Waals surface area contributed by atoms with Gasteiger partial charge < -0.3 is 9.87 Å². The standard InChI is InChI=1S/C19H19F7N2OS/c1-4-5-6-7-13(10-18(21,22)23)17(27-3)28-15-9-16(12(2)8-14(15)20)30(29)11-19(24,25)26/h4-10H,11H2,1-3H3,(H,27,28)/b5-4-,7-6-,13-10?. The number of benzene rings is 1. The van der Waals surface area contributed by atoms with Crippen LogP contribution in [0.2, 0.25) is 0 Å². The van der Waals surface area contributed by atoms with Gasteiger partial charge >= 0.3 is 12.4 Å². The molecule has 1 atom stereocenters. The zero-order valence-corrected chi connectivity index (χ0v) is 17.0. The molecule has 0 amide bonds. The highest BCUT2D eigenvalue weighted by Gasteiger charge is 2.36. The van der Waals surface area contributed by atoms with Crippen molar-refractivity contribution in [3.05, 3.63) is 59.5 Å².